The maximum Gasteiger partial charge on any atom is 0.227 e. The number of carbonyl (C=O) groups is 1. The first-order chi connectivity index (χ1) is 14.2. The maximum absolute atomic E-state index is 13.4. The van der Waals surface area contributed by atoms with E-state index >= 15 is 0 Å². The van der Waals surface area contributed by atoms with E-state index in [-0.39, 0.29) is 18.1 Å². The first-order valence-electron chi connectivity index (χ1n) is 10.9. The molecule has 6 heteroatoms. The molecule has 2 aromatic rings. The van der Waals surface area contributed by atoms with Crippen molar-refractivity contribution in [1.29, 1.82) is 0 Å². The van der Waals surface area contributed by atoms with Gasteiger partial charge in [0.25, 0.3) is 0 Å². The number of piperidine rings is 1. The van der Waals surface area contributed by atoms with E-state index in [1.165, 1.54) is 17.5 Å². The van der Waals surface area contributed by atoms with Gasteiger partial charge in [0.1, 0.15) is 0 Å². The van der Waals surface area contributed by atoms with E-state index in [1.807, 2.05) is 18.2 Å². The fraction of sp³-hybridized carbons (Fsp3) is 0.609. The zero-order valence-electron chi connectivity index (χ0n) is 17.2. The topological polar surface area (TPSA) is 32.8 Å². The summed E-state index contributed by atoms with van der Waals surface area (Å²) < 4.78 is 7.41. The molecule has 2 atom stereocenters. The van der Waals surface area contributed by atoms with Crippen LogP contribution in [0, 0.1) is 0 Å². The number of ether oxygens (including phenoxy) is 1. The normalized spacial score (nSPS) is 23.2. The van der Waals surface area contributed by atoms with Crippen LogP contribution < -0.4 is 0 Å². The van der Waals surface area contributed by atoms with E-state index in [4.69, 9.17) is 16.3 Å². The predicted octanol–water partition coefficient (Wildman–Crippen LogP) is 4.98. The van der Waals surface area contributed by atoms with Crippen LogP contribution in [0.3, 0.4) is 0 Å². The van der Waals surface area contributed by atoms with Gasteiger partial charge in [0.2, 0.25) is 5.91 Å². The SMILES string of the molecule is CCCO[C@H]1CCCN(C(=O)Cc2csc3ccc(Cl)cc23)[C@H]1CN1CCCC1. The Morgan fingerprint density at radius 2 is 2.07 bits per heavy atom. The summed E-state index contributed by atoms with van der Waals surface area (Å²) in [6.45, 7) is 6.99. The molecule has 0 saturated carbocycles. The van der Waals surface area contributed by atoms with E-state index < -0.39 is 0 Å². The number of carbonyl (C=O) groups excluding carboxylic acids is 1. The van der Waals surface area contributed by atoms with Crippen molar-refractivity contribution in [3.05, 3.63) is 34.2 Å². The van der Waals surface area contributed by atoms with Gasteiger partial charge in [0.15, 0.2) is 0 Å². The lowest BCUT2D eigenvalue weighted by Gasteiger charge is -2.43. The highest BCUT2D eigenvalue weighted by molar-refractivity contribution is 7.17. The summed E-state index contributed by atoms with van der Waals surface area (Å²) in [6.07, 6.45) is 6.22. The maximum atomic E-state index is 13.4. The Balaban J connectivity index is 1.52. The van der Waals surface area contributed by atoms with Crippen molar-refractivity contribution < 1.29 is 9.53 Å². The van der Waals surface area contributed by atoms with Crippen LogP contribution in [0.15, 0.2) is 23.6 Å². The lowest BCUT2D eigenvalue weighted by Crippen LogP contribution is -2.56. The third-order valence-electron chi connectivity index (χ3n) is 6.17. The second-order valence-electron chi connectivity index (χ2n) is 8.29. The van der Waals surface area contributed by atoms with Crippen LogP contribution in [0.1, 0.15) is 44.6 Å². The second-order valence-corrected chi connectivity index (χ2v) is 9.64. The van der Waals surface area contributed by atoms with Crippen LogP contribution in [0.2, 0.25) is 5.02 Å². The summed E-state index contributed by atoms with van der Waals surface area (Å²) >= 11 is 7.89. The molecule has 158 valence electrons. The molecule has 0 radical (unpaired) electrons. The molecule has 1 aromatic heterocycles. The summed E-state index contributed by atoms with van der Waals surface area (Å²) in [6, 6.07) is 6.11. The number of amides is 1. The summed E-state index contributed by atoms with van der Waals surface area (Å²) in [4.78, 5) is 18.1. The van der Waals surface area contributed by atoms with Crippen LogP contribution in [0.4, 0.5) is 0 Å². The number of benzene rings is 1. The van der Waals surface area contributed by atoms with Crippen molar-refractivity contribution in [2.75, 3.05) is 32.8 Å². The number of hydrogen-bond donors (Lipinski definition) is 0. The Morgan fingerprint density at radius 3 is 2.86 bits per heavy atom. The van der Waals surface area contributed by atoms with Crippen LogP contribution in [0.25, 0.3) is 10.1 Å². The van der Waals surface area contributed by atoms with E-state index in [0.717, 1.165) is 68.0 Å². The highest BCUT2D eigenvalue weighted by Crippen LogP contribution is 2.30. The number of thiophene rings is 1. The highest BCUT2D eigenvalue weighted by Gasteiger charge is 2.36. The van der Waals surface area contributed by atoms with Gasteiger partial charge in [-0.25, -0.2) is 0 Å². The molecule has 2 fully saturated rings. The molecule has 4 rings (SSSR count). The quantitative estimate of drug-likeness (QED) is 0.616. The zero-order valence-corrected chi connectivity index (χ0v) is 18.8. The van der Waals surface area contributed by atoms with Gasteiger partial charge in [0, 0.05) is 29.4 Å². The average Bonchev–Trinajstić information content (AvgIpc) is 3.37. The van der Waals surface area contributed by atoms with E-state index in [0.29, 0.717) is 6.42 Å². The predicted molar refractivity (Wildman–Crippen MR) is 121 cm³/mol. The van der Waals surface area contributed by atoms with Crippen molar-refractivity contribution in [1.82, 2.24) is 9.80 Å². The van der Waals surface area contributed by atoms with Crippen LogP contribution in [-0.4, -0.2) is 60.6 Å². The third kappa shape index (κ3) is 4.96. The molecule has 2 aliphatic heterocycles. The van der Waals surface area contributed by atoms with Gasteiger partial charge in [-0.3, -0.25) is 4.79 Å². The van der Waals surface area contributed by atoms with Gasteiger partial charge in [-0.05, 0) is 79.7 Å². The van der Waals surface area contributed by atoms with Crippen molar-refractivity contribution >= 4 is 38.9 Å². The number of nitrogens with zero attached hydrogens (tertiary/aromatic N) is 2. The Bertz CT molecular complexity index is 833. The van der Waals surface area contributed by atoms with Gasteiger partial charge in [-0.1, -0.05) is 18.5 Å². The van der Waals surface area contributed by atoms with Crippen molar-refractivity contribution in [3.8, 4) is 0 Å². The van der Waals surface area contributed by atoms with Crippen LogP contribution >= 0.6 is 22.9 Å². The number of hydrogen-bond acceptors (Lipinski definition) is 4. The number of likely N-dealkylation sites (tertiary alicyclic amines) is 2. The molecule has 3 heterocycles. The lowest BCUT2D eigenvalue weighted by atomic mass is 9.96. The minimum atomic E-state index is 0.155. The molecule has 4 nitrogen and oxygen atoms in total. The highest BCUT2D eigenvalue weighted by atomic mass is 35.5. The van der Waals surface area contributed by atoms with Crippen molar-refractivity contribution in [2.24, 2.45) is 0 Å². The molecule has 2 aliphatic rings. The smallest absolute Gasteiger partial charge is 0.227 e. The minimum absolute atomic E-state index is 0.155. The zero-order chi connectivity index (χ0) is 20.2. The van der Waals surface area contributed by atoms with Crippen LogP contribution in [0.5, 0.6) is 0 Å². The molecular formula is C23H31ClN2O2S. The fourth-order valence-electron chi connectivity index (χ4n) is 4.70. The average molecular weight is 435 g/mol. The van der Waals surface area contributed by atoms with E-state index in [1.54, 1.807) is 11.3 Å². The summed E-state index contributed by atoms with van der Waals surface area (Å²) in [5.74, 6) is 0.221. The van der Waals surface area contributed by atoms with E-state index in [9.17, 15) is 4.79 Å². The van der Waals surface area contributed by atoms with Crippen molar-refractivity contribution in [3.63, 3.8) is 0 Å². The Labute approximate surface area is 182 Å². The van der Waals surface area contributed by atoms with Gasteiger partial charge in [0.05, 0.1) is 18.6 Å². The molecule has 1 amide bonds. The molecule has 0 spiro atoms. The number of halogens is 1. The largest absolute Gasteiger partial charge is 0.376 e. The molecule has 1 aromatic carbocycles. The van der Waals surface area contributed by atoms with Gasteiger partial charge < -0.3 is 14.5 Å². The number of rotatable bonds is 7. The summed E-state index contributed by atoms with van der Waals surface area (Å²) in [7, 11) is 0. The lowest BCUT2D eigenvalue weighted by molar-refractivity contribution is -0.141. The minimum Gasteiger partial charge on any atom is -0.376 e. The van der Waals surface area contributed by atoms with Gasteiger partial charge in [-0.2, -0.15) is 0 Å². The third-order valence-corrected chi connectivity index (χ3v) is 7.42. The molecular weight excluding hydrogens is 404 g/mol. The monoisotopic (exact) mass is 434 g/mol. The molecule has 0 unspecified atom stereocenters. The first kappa shape index (κ1) is 21.1. The molecule has 0 N–H and O–H groups in total. The standard InChI is InChI=1S/C23H31ClN2O2S/c1-2-12-28-21-6-5-11-26(20(21)15-25-9-3-4-10-25)23(27)13-17-16-29-22-8-7-18(24)14-19(17)22/h7-8,14,16,20-21H,2-6,9-13,15H2,1H3/t20-,21-/m0/s1. The molecule has 0 bridgehead atoms. The summed E-state index contributed by atoms with van der Waals surface area (Å²) in [5, 5.41) is 3.95. The van der Waals surface area contributed by atoms with Crippen molar-refractivity contribution in [2.45, 2.75) is 57.6 Å². The van der Waals surface area contributed by atoms with E-state index in [2.05, 4.69) is 22.1 Å². The fourth-order valence-corrected chi connectivity index (χ4v) is 5.81. The first-order valence-corrected chi connectivity index (χ1v) is 12.2. The number of fused-ring (bicyclic) bond motifs is 1. The molecule has 29 heavy (non-hydrogen) atoms. The van der Waals surface area contributed by atoms with Gasteiger partial charge >= 0.3 is 0 Å². The summed E-state index contributed by atoms with van der Waals surface area (Å²) in [5.41, 5.74) is 1.09. The van der Waals surface area contributed by atoms with Gasteiger partial charge in [-0.15, -0.1) is 11.3 Å². The molecule has 2 saturated heterocycles. The Hall–Kier alpha value is -1.14. The Morgan fingerprint density at radius 1 is 1.24 bits per heavy atom. The Kier molecular flexibility index (Phi) is 7.12. The molecule has 0 aliphatic carbocycles. The second kappa shape index (κ2) is 9.78. The van der Waals surface area contributed by atoms with Crippen LogP contribution in [-0.2, 0) is 16.0 Å².